The maximum absolute atomic E-state index is 13.6. The van der Waals surface area contributed by atoms with Crippen LogP contribution in [0.1, 0.15) is 89.7 Å². The number of methoxy groups -OCH3 is 1. The minimum absolute atomic E-state index is 0.0889. The zero-order valence-corrected chi connectivity index (χ0v) is 28.3. The Balaban J connectivity index is 1.27. The van der Waals surface area contributed by atoms with Crippen molar-refractivity contribution in [2.75, 3.05) is 13.7 Å². The first kappa shape index (κ1) is 32.8. The van der Waals surface area contributed by atoms with Gasteiger partial charge in [-0.1, -0.05) is 39.3 Å². The van der Waals surface area contributed by atoms with E-state index in [0.717, 1.165) is 24.2 Å². The van der Waals surface area contributed by atoms with Crippen molar-refractivity contribution in [1.29, 1.82) is 0 Å². The molecule has 0 unspecified atom stereocenters. The fraction of sp³-hybridized carbons (Fsp3) is 0.553. The molecule has 1 N–H and O–H groups in total. The van der Waals surface area contributed by atoms with Gasteiger partial charge in [-0.25, -0.2) is 4.79 Å². The van der Waals surface area contributed by atoms with Gasteiger partial charge >= 0.3 is 11.6 Å². The number of aromatic nitrogens is 1. The highest BCUT2D eigenvalue weighted by atomic mass is 16.7. The summed E-state index contributed by atoms with van der Waals surface area (Å²) >= 11 is 0. The smallest absolute Gasteiger partial charge is 0.345 e. The van der Waals surface area contributed by atoms with Crippen molar-refractivity contribution in [3.63, 3.8) is 0 Å². The molecular weight excluding hydrogens is 614 g/mol. The Labute approximate surface area is 280 Å². The summed E-state index contributed by atoms with van der Waals surface area (Å²) in [5.41, 5.74) is -1.18. The molecule has 2 aliphatic carbocycles. The van der Waals surface area contributed by atoms with Crippen LogP contribution < -0.4 is 15.1 Å². The van der Waals surface area contributed by atoms with Crippen molar-refractivity contribution < 1.29 is 38.0 Å². The van der Waals surface area contributed by atoms with E-state index in [9.17, 15) is 14.7 Å². The first-order chi connectivity index (χ1) is 23.0. The van der Waals surface area contributed by atoms with Gasteiger partial charge in [0.25, 0.3) is 0 Å². The lowest BCUT2D eigenvalue weighted by molar-refractivity contribution is -0.331. The zero-order chi connectivity index (χ0) is 33.8. The highest BCUT2D eigenvalue weighted by Gasteiger charge is 2.71. The van der Waals surface area contributed by atoms with Crippen LogP contribution in [0.3, 0.4) is 0 Å². The Morgan fingerprint density at radius 3 is 2.62 bits per heavy atom. The molecule has 2 aliphatic heterocycles. The van der Waals surface area contributed by atoms with Crippen LogP contribution in [0.15, 0.2) is 64.1 Å². The number of benzene rings is 1. The minimum Gasteiger partial charge on any atom is -0.497 e. The molecule has 1 aromatic carbocycles. The highest BCUT2D eigenvalue weighted by molar-refractivity contribution is 5.69. The average molecular weight is 660 g/mol. The highest BCUT2D eigenvalue weighted by Crippen LogP contribution is 2.68. The summed E-state index contributed by atoms with van der Waals surface area (Å²) < 4.78 is 37.4. The largest absolute Gasteiger partial charge is 0.497 e. The Morgan fingerprint density at radius 2 is 1.92 bits per heavy atom. The van der Waals surface area contributed by atoms with Crippen LogP contribution in [-0.4, -0.2) is 47.6 Å². The van der Waals surface area contributed by atoms with E-state index in [1.54, 1.807) is 37.7 Å². The molecule has 9 atom stereocenters. The predicted octanol–water partition coefficient (Wildman–Crippen LogP) is 6.55. The van der Waals surface area contributed by atoms with Crippen LogP contribution in [0.2, 0.25) is 0 Å². The Bertz CT molecular complexity index is 1710. The van der Waals surface area contributed by atoms with E-state index >= 15 is 0 Å². The third kappa shape index (κ3) is 5.24. The van der Waals surface area contributed by atoms with Crippen molar-refractivity contribution in [3.8, 4) is 22.8 Å². The van der Waals surface area contributed by atoms with Crippen LogP contribution in [0, 0.1) is 22.7 Å². The van der Waals surface area contributed by atoms with Gasteiger partial charge in [-0.2, -0.15) is 0 Å². The molecule has 0 spiro atoms. The van der Waals surface area contributed by atoms with Gasteiger partial charge in [-0.15, -0.1) is 0 Å². The quantitative estimate of drug-likeness (QED) is 0.279. The third-order valence-corrected chi connectivity index (χ3v) is 11.8. The molecule has 4 aliphatic rings. The molecular formula is C38H45NO9. The SMILES string of the molecule is CCCCC(=O)O[C@H]1C[C@H]2[C@]3(C)CO[C@@H](c4ccc(OC)cc4)O[C@H]3CC[C@]2(C)[C@H]2[C@@H](O)c3c(cc(-c4cccnc4)oc3=O)O[C@]12C. The van der Waals surface area contributed by atoms with Gasteiger partial charge in [0.05, 0.1) is 25.9 Å². The molecule has 48 heavy (non-hydrogen) atoms. The summed E-state index contributed by atoms with van der Waals surface area (Å²) in [5.74, 6) is 0.294. The van der Waals surface area contributed by atoms with Gasteiger partial charge in [-0.3, -0.25) is 9.78 Å². The number of hydrogen-bond acceptors (Lipinski definition) is 10. The number of aliphatic hydroxyl groups is 1. The Kier molecular flexibility index (Phi) is 8.41. The molecule has 7 rings (SSSR count). The maximum atomic E-state index is 13.6. The van der Waals surface area contributed by atoms with Crippen molar-refractivity contribution in [2.24, 2.45) is 22.7 Å². The number of hydrogen-bond donors (Lipinski definition) is 1. The number of esters is 1. The second kappa shape index (κ2) is 12.3. The second-order valence-corrected chi connectivity index (χ2v) is 14.6. The lowest BCUT2D eigenvalue weighted by Gasteiger charge is -2.67. The monoisotopic (exact) mass is 659 g/mol. The molecule has 10 nitrogen and oxygen atoms in total. The average Bonchev–Trinajstić information content (AvgIpc) is 3.08. The molecule has 4 heterocycles. The lowest BCUT2D eigenvalue weighted by atomic mass is 9.42. The molecule has 3 fully saturated rings. The molecule has 2 aromatic heterocycles. The van der Waals surface area contributed by atoms with Gasteiger partial charge in [0.15, 0.2) is 6.29 Å². The molecule has 1 saturated heterocycles. The van der Waals surface area contributed by atoms with Crippen LogP contribution in [-0.2, 0) is 19.0 Å². The number of pyridine rings is 1. The number of aliphatic hydroxyl groups excluding tert-OH is 1. The van der Waals surface area contributed by atoms with Crippen LogP contribution in [0.4, 0.5) is 0 Å². The molecule has 2 saturated carbocycles. The van der Waals surface area contributed by atoms with E-state index < -0.39 is 46.5 Å². The Hall–Kier alpha value is -3.73. The summed E-state index contributed by atoms with van der Waals surface area (Å²) in [6.45, 7) is 8.73. The van der Waals surface area contributed by atoms with E-state index in [1.165, 1.54) is 0 Å². The van der Waals surface area contributed by atoms with Crippen molar-refractivity contribution >= 4 is 5.97 Å². The lowest BCUT2D eigenvalue weighted by Crippen LogP contribution is -2.71. The number of carbonyl (C=O) groups excluding carboxylic acids is 1. The van der Waals surface area contributed by atoms with Crippen molar-refractivity contribution in [3.05, 3.63) is 76.4 Å². The second-order valence-electron chi connectivity index (χ2n) is 14.6. The maximum Gasteiger partial charge on any atom is 0.345 e. The van der Waals surface area contributed by atoms with Gasteiger partial charge in [0, 0.05) is 47.3 Å². The van der Waals surface area contributed by atoms with E-state index in [2.05, 4.69) is 18.8 Å². The summed E-state index contributed by atoms with van der Waals surface area (Å²) in [4.78, 5) is 31.1. The van der Waals surface area contributed by atoms with E-state index in [1.807, 2.05) is 38.1 Å². The van der Waals surface area contributed by atoms with Crippen molar-refractivity contribution in [1.82, 2.24) is 4.98 Å². The number of nitrogens with zero attached hydrogens (tertiary/aromatic N) is 1. The van der Waals surface area contributed by atoms with Gasteiger partial charge in [0.2, 0.25) is 0 Å². The normalized spacial score (nSPS) is 35.2. The fourth-order valence-electron chi connectivity index (χ4n) is 9.33. The number of fused-ring (bicyclic) bond motifs is 6. The van der Waals surface area contributed by atoms with Crippen LogP contribution >= 0.6 is 0 Å². The zero-order valence-electron chi connectivity index (χ0n) is 28.3. The minimum atomic E-state index is -1.22. The van der Waals surface area contributed by atoms with E-state index in [-0.39, 0.29) is 35.1 Å². The Morgan fingerprint density at radius 1 is 1.12 bits per heavy atom. The number of carbonyl (C=O) groups is 1. The van der Waals surface area contributed by atoms with Gasteiger partial charge < -0.3 is 33.2 Å². The molecule has 0 radical (unpaired) electrons. The molecule has 0 amide bonds. The molecule has 256 valence electrons. The summed E-state index contributed by atoms with van der Waals surface area (Å²) in [5, 5.41) is 12.3. The summed E-state index contributed by atoms with van der Waals surface area (Å²) in [6, 6.07) is 12.9. The molecule has 3 aromatic rings. The first-order valence-electron chi connectivity index (χ1n) is 17.1. The predicted molar refractivity (Wildman–Crippen MR) is 175 cm³/mol. The van der Waals surface area contributed by atoms with Crippen LogP contribution in [0.5, 0.6) is 11.5 Å². The fourth-order valence-corrected chi connectivity index (χ4v) is 9.33. The van der Waals surface area contributed by atoms with Gasteiger partial charge in [0.1, 0.15) is 34.5 Å². The van der Waals surface area contributed by atoms with Crippen LogP contribution in [0.25, 0.3) is 11.3 Å². The van der Waals surface area contributed by atoms with Crippen molar-refractivity contribution in [2.45, 2.75) is 96.4 Å². The van der Waals surface area contributed by atoms with E-state index in [0.29, 0.717) is 37.9 Å². The van der Waals surface area contributed by atoms with E-state index in [4.69, 9.17) is 28.1 Å². The third-order valence-electron chi connectivity index (χ3n) is 11.8. The molecule has 0 bridgehead atoms. The standard InChI is InChI=1S/C38H45NO9/c1-6-7-10-30(40)46-29-19-27-36(2,16-15-28-37(27,3)21-44-35(47-28)22-11-13-24(43-5)14-12-22)33-32(41)31-26(48-38(29,33)4)18-25(45-34(31)42)23-9-8-17-39-20-23/h8-9,11-14,17-18,20,27-29,32-33,35,41H,6-7,10,15-16,19,21H2,1-5H3/t27-,28+,29+,32+,33-,35-,36+,37+,38-/m1/s1. The number of ether oxygens (including phenoxy) is 5. The summed E-state index contributed by atoms with van der Waals surface area (Å²) in [7, 11) is 1.63. The first-order valence-corrected chi connectivity index (χ1v) is 17.1. The number of unbranched alkanes of at least 4 members (excludes halogenated alkanes) is 1. The topological polar surface area (TPSA) is 127 Å². The summed E-state index contributed by atoms with van der Waals surface area (Å²) in [6.07, 6.45) is 4.44. The number of rotatable bonds is 7. The van der Waals surface area contributed by atoms with Gasteiger partial charge in [-0.05, 0) is 68.2 Å². The molecule has 10 heteroatoms.